The number of carbonyl (C=O) groups is 1. The van der Waals surface area contributed by atoms with Crippen molar-refractivity contribution < 1.29 is 18.7 Å². The smallest absolute Gasteiger partial charge is 0.309 e. The first-order chi connectivity index (χ1) is 12.1. The van der Waals surface area contributed by atoms with Gasteiger partial charge in [-0.3, -0.25) is 4.79 Å². The third-order valence-electron chi connectivity index (χ3n) is 5.63. The molecule has 0 saturated heterocycles. The molecule has 0 aromatic carbocycles. The van der Waals surface area contributed by atoms with Gasteiger partial charge in [0, 0.05) is 6.42 Å². The summed E-state index contributed by atoms with van der Waals surface area (Å²) in [5.41, 5.74) is -0.330. The molecule has 1 fully saturated rings. The van der Waals surface area contributed by atoms with Crippen molar-refractivity contribution in [2.45, 2.75) is 122 Å². The van der Waals surface area contributed by atoms with E-state index in [1.54, 1.807) is 0 Å². The largest absolute Gasteiger partial charge is 0.481 e. The number of hydrogen-bond acceptors (Lipinski definition) is 1. The fourth-order valence-electron chi connectivity index (χ4n) is 3.61. The van der Waals surface area contributed by atoms with E-state index in [9.17, 15) is 13.6 Å². The Balaban J connectivity index is 1.70. The lowest BCUT2D eigenvalue weighted by molar-refractivity contribution is -0.143. The van der Waals surface area contributed by atoms with Gasteiger partial charge in [0.2, 0.25) is 6.43 Å². The predicted octanol–water partition coefficient (Wildman–Crippen LogP) is 7.36. The lowest BCUT2D eigenvalue weighted by Crippen LogP contribution is -2.14. The summed E-state index contributed by atoms with van der Waals surface area (Å²) >= 11 is 0. The summed E-state index contributed by atoms with van der Waals surface area (Å²) in [5, 5.41) is 9.11. The Hall–Kier alpha value is -0.670. The van der Waals surface area contributed by atoms with Crippen LogP contribution in [0.3, 0.4) is 0 Å². The van der Waals surface area contributed by atoms with Crippen LogP contribution >= 0.6 is 0 Å². The van der Waals surface area contributed by atoms with Gasteiger partial charge in [-0.25, -0.2) is 8.78 Å². The van der Waals surface area contributed by atoms with Crippen LogP contribution in [0.15, 0.2) is 0 Å². The Bertz CT molecular complexity index is 341. The Morgan fingerprint density at radius 3 is 1.40 bits per heavy atom. The second-order valence-electron chi connectivity index (χ2n) is 7.96. The fraction of sp³-hybridized carbons (Fsp3) is 0.952. The molecule has 0 radical (unpaired) electrons. The molecule has 0 bridgehead atoms. The lowest BCUT2D eigenvalue weighted by Gasteiger charge is -2.08. The summed E-state index contributed by atoms with van der Waals surface area (Å²) in [6.07, 6.45) is 17.1. The summed E-state index contributed by atoms with van der Waals surface area (Å²) in [5.74, 6) is -0.583. The van der Waals surface area contributed by atoms with Gasteiger partial charge in [0.05, 0.1) is 5.41 Å². The number of hydrogen-bond donors (Lipinski definition) is 1. The van der Waals surface area contributed by atoms with Crippen LogP contribution in [0.2, 0.25) is 0 Å². The highest BCUT2D eigenvalue weighted by atomic mass is 19.3. The van der Waals surface area contributed by atoms with E-state index < -0.39 is 12.4 Å². The molecule has 25 heavy (non-hydrogen) atoms. The first-order valence-corrected chi connectivity index (χ1v) is 10.6. The van der Waals surface area contributed by atoms with Crippen LogP contribution in [-0.4, -0.2) is 17.5 Å². The van der Waals surface area contributed by atoms with E-state index in [-0.39, 0.29) is 11.8 Å². The van der Waals surface area contributed by atoms with E-state index in [4.69, 9.17) is 5.11 Å². The number of carboxylic acids is 1. The van der Waals surface area contributed by atoms with Crippen molar-refractivity contribution in [1.29, 1.82) is 0 Å². The highest BCUT2D eigenvalue weighted by Gasteiger charge is 2.49. The molecule has 0 unspecified atom stereocenters. The average Bonchev–Trinajstić information content (AvgIpc) is 3.35. The third kappa shape index (κ3) is 11.5. The standard InChI is InChI=1S/C21H38F2O2/c22-19(23)15-13-11-9-7-5-3-1-2-4-6-8-10-12-14-16-21(17-18-21)20(24)25/h19H,1-18H2,(H,24,25). The van der Waals surface area contributed by atoms with Crippen LogP contribution in [0.25, 0.3) is 0 Å². The Morgan fingerprint density at radius 1 is 0.720 bits per heavy atom. The number of rotatable bonds is 18. The van der Waals surface area contributed by atoms with Crippen LogP contribution < -0.4 is 0 Å². The van der Waals surface area contributed by atoms with Crippen molar-refractivity contribution in [3.63, 3.8) is 0 Å². The molecule has 0 heterocycles. The van der Waals surface area contributed by atoms with Gasteiger partial charge in [0.15, 0.2) is 0 Å². The maximum absolute atomic E-state index is 12.0. The predicted molar refractivity (Wildman–Crippen MR) is 99.2 cm³/mol. The number of carboxylic acid groups (broad SMARTS) is 1. The van der Waals surface area contributed by atoms with E-state index in [0.717, 1.165) is 38.5 Å². The molecular weight excluding hydrogens is 322 g/mol. The van der Waals surface area contributed by atoms with Crippen molar-refractivity contribution in [2.24, 2.45) is 5.41 Å². The maximum atomic E-state index is 12.0. The second kappa shape index (κ2) is 13.5. The maximum Gasteiger partial charge on any atom is 0.309 e. The third-order valence-corrected chi connectivity index (χ3v) is 5.63. The Kier molecular flexibility index (Phi) is 12.1. The Labute approximate surface area is 152 Å². The van der Waals surface area contributed by atoms with Crippen LogP contribution in [0.4, 0.5) is 8.78 Å². The molecule has 1 rings (SSSR count). The van der Waals surface area contributed by atoms with Crippen LogP contribution in [0.1, 0.15) is 116 Å². The molecule has 0 amide bonds. The van der Waals surface area contributed by atoms with E-state index in [1.165, 1.54) is 64.2 Å². The van der Waals surface area contributed by atoms with Gasteiger partial charge in [-0.05, 0) is 25.7 Å². The van der Waals surface area contributed by atoms with Gasteiger partial charge < -0.3 is 5.11 Å². The first-order valence-electron chi connectivity index (χ1n) is 10.6. The zero-order valence-electron chi connectivity index (χ0n) is 15.9. The van der Waals surface area contributed by atoms with Crippen molar-refractivity contribution in [1.82, 2.24) is 0 Å². The molecule has 148 valence electrons. The normalized spacial score (nSPS) is 15.6. The van der Waals surface area contributed by atoms with Gasteiger partial charge >= 0.3 is 5.97 Å². The summed E-state index contributed by atoms with van der Waals surface area (Å²) in [6.45, 7) is 0. The van der Waals surface area contributed by atoms with Crippen LogP contribution in [0.5, 0.6) is 0 Å². The minimum absolute atomic E-state index is 0.0699. The fourth-order valence-corrected chi connectivity index (χ4v) is 3.61. The molecule has 4 heteroatoms. The second-order valence-corrected chi connectivity index (χ2v) is 7.96. The zero-order chi connectivity index (χ0) is 18.4. The van der Waals surface area contributed by atoms with Gasteiger partial charge in [-0.2, -0.15) is 0 Å². The van der Waals surface area contributed by atoms with Crippen molar-refractivity contribution in [3.05, 3.63) is 0 Å². The summed E-state index contributed by atoms with van der Waals surface area (Å²) in [4.78, 5) is 11.1. The van der Waals surface area contributed by atoms with Gasteiger partial charge in [0.25, 0.3) is 0 Å². The van der Waals surface area contributed by atoms with Gasteiger partial charge in [0.1, 0.15) is 0 Å². The quantitative estimate of drug-likeness (QED) is 0.259. The molecule has 1 saturated carbocycles. The molecule has 1 aliphatic carbocycles. The monoisotopic (exact) mass is 360 g/mol. The number of unbranched alkanes of at least 4 members (excludes halogenated alkanes) is 13. The van der Waals surface area contributed by atoms with E-state index in [0.29, 0.717) is 6.42 Å². The van der Waals surface area contributed by atoms with E-state index in [1.807, 2.05) is 0 Å². The molecule has 0 aromatic rings. The van der Waals surface area contributed by atoms with E-state index in [2.05, 4.69) is 0 Å². The summed E-state index contributed by atoms with van der Waals surface area (Å²) < 4.78 is 23.9. The molecule has 0 aromatic heterocycles. The lowest BCUT2D eigenvalue weighted by atomic mass is 9.97. The molecule has 0 aliphatic heterocycles. The molecule has 1 N–H and O–H groups in total. The first kappa shape index (κ1) is 22.4. The number of alkyl halides is 2. The SMILES string of the molecule is O=C(O)C1(CCCCCCCCCCCCCCCCC(F)F)CC1. The molecule has 1 aliphatic rings. The molecular formula is C21H38F2O2. The zero-order valence-corrected chi connectivity index (χ0v) is 15.9. The van der Waals surface area contributed by atoms with Crippen molar-refractivity contribution in [2.75, 3.05) is 0 Å². The minimum atomic E-state index is -2.13. The molecule has 2 nitrogen and oxygen atoms in total. The highest BCUT2D eigenvalue weighted by Crippen LogP contribution is 2.50. The summed E-state index contributed by atoms with van der Waals surface area (Å²) in [7, 11) is 0. The molecule has 0 spiro atoms. The van der Waals surface area contributed by atoms with E-state index >= 15 is 0 Å². The van der Waals surface area contributed by atoms with Crippen LogP contribution in [0, 0.1) is 5.41 Å². The molecule has 0 atom stereocenters. The average molecular weight is 361 g/mol. The highest BCUT2D eigenvalue weighted by molar-refractivity contribution is 5.77. The van der Waals surface area contributed by atoms with Crippen molar-refractivity contribution in [3.8, 4) is 0 Å². The van der Waals surface area contributed by atoms with Gasteiger partial charge in [-0.1, -0.05) is 83.5 Å². The topological polar surface area (TPSA) is 37.3 Å². The number of aliphatic carboxylic acids is 1. The minimum Gasteiger partial charge on any atom is -0.481 e. The van der Waals surface area contributed by atoms with Gasteiger partial charge in [-0.15, -0.1) is 0 Å². The van der Waals surface area contributed by atoms with Crippen molar-refractivity contribution >= 4 is 5.97 Å². The Morgan fingerprint density at radius 2 is 1.08 bits per heavy atom. The van der Waals surface area contributed by atoms with Crippen LogP contribution in [-0.2, 0) is 4.79 Å². The summed E-state index contributed by atoms with van der Waals surface area (Å²) in [6, 6.07) is 0. The number of halogens is 2.